The summed E-state index contributed by atoms with van der Waals surface area (Å²) >= 11 is 5.75. The van der Waals surface area contributed by atoms with Gasteiger partial charge in [-0.15, -0.1) is 5.10 Å². The van der Waals surface area contributed by atoms with Crippen LogP contribution in [0.4, 0.5) is 0 Å². The average molecular weight is 394 g/mol. The SMILES string of the molecule is CCCS(=O)(=O)NCc1nnc(S(=O)(=O)Cc2ccc(Cl)cc2)o1. The summed E-state index contributed by atoms with van der Waals surface area (Å²) in [6.45, 7) is 1.47. The van der Waals surface area contributed by atoms with Crippen LogP contribution in [-0.4, -0.2) is 32.8 Å². The minimum atomic E-state index is -3.83. The molecule has 2 aromatic rings. The lowest BCUT2D eigenvalue weighted by Crippen LogP contribution is -2.25. The van der Waals surface area contributed by atoms with Crippen LogP contribution >= 0.6 is 11.6 Å². The maximum absolute atomic E-state index is 12.2. The maximum Gasteiger partial charge on any atom is 0.335 e. The van der Waals surface area contributed by atoms with Crippen LogP contribution in [0.1, 0.15) is 24.8 Å². The van der Waals surface area contributed by atoms with Crippen molar-refractivity contribution in [2.24, 2.45) is 0 Å². The van der Waals surface area contributed by atoms with Gasteiger partial charge in [0.15, 0.2) is 0 Å². The first-order chi connectivity index (χ1) is 11.2. The minimum Gasteiger partial charge on any atom is -0.411 e. The van der Waals surface area contributed by atoms with Crippen LogP contribution in [0.25, 0.3) is 0 Å². The van der Waals surface area contributed by atoms with Gasteiger partial charge >= 0.3 is 5.22 Å². The molecule has 0 spiro atoms. The first-order valence-corrected chi connectivity index (χ1v) is 10.7. The highest BCUT2D eigenvalue weighted by molar-refractivity contribution is 7.90. The number of rotatable bonds is 8. The summed E-state index contributed by atoms with van der Waals surface area (Å²) in [7, 11) is -7.28. The molecule has 0 saturated carbocycles. The summed E-state index contributed by atoms with van der Waals surface area (Å²) < 4.78 is 54.9. The maximum atomic E-state index is 12.2. The Balaban J connectivity index is 2.07. The Morgan fingerprint density at radius 3 is 2.42 bits per heavy atom. The van der Waals surface area contributed by atoms with Crippen LogP contribution in [0.3, 0.4) is 0 Å². The highest BCUT2D eigenvalue weighted by atomic mass is 35.5. The van der Waals surface area contributed by atoms with Crippen molar-refractivity contribution in [1.82, 2.24) is 14.9 Å². The van der Waals surface area contributed by atoms with Gasteiger partial charge < -0.3 is 4.42 Å². The Morgan fingerprint density at radius 1 is 1.12 bits per heavy atom. The molecule has 1 aromatic carbocycles. The lowest BCUT2D eigenvalue weighted by molar-refractivity contribution is 0.393. The molecule has 0 atom stereocenters. The Hall–Kier alpha value is -1.49. The Bertz CT molecular complexity index is 892. The zero-order chi connectivity index (χ0) is 17.8. The largest absolute Gasteiger partial charge is 0.411 e. The fraction of sp³-hybridized carbons (Fsp3) is 0.385. The van der Waals surface area contributed by atoms with Gasteiger partial charge in [-0.2, -0.15) is 0 Å². The molecule has 24 heavy (non-hydrogen) atoms. The smallest absolute Gasteiger partial charge is 0.335 e. The lowest BCUT2D eigenvalue weighted by atomic mass is 10.2. The molecule has 0 aliphatic heterocycles. The molecule has 0 aliphatic rings. The number of sulfone groups is 1. The molecule has 0 radical (unpaired) electrons. The zero-order valence-corrected chi connectivity index (χ0v) is 15.2. The number of aromatic nitrogens is 2. The topological polar surface area (TPSA) is 119 Å². The van der Waals surface area contributed by atoms with Crippen LogP contribution in [-0.2, 0) is 32.2 Å². The number of hydrogen-bond acceptors (Lipinski definition) is 7. The molecule has 0 unspecified atom stereocenters. The van der Waals surface area contributed by atoms with E-state index < -0.39 is 25.1 Å². The predicted molar refractivity (Wildman–Crippen MR) is 87.6 cm³/mol. The fourth-order valence-electron chi connectivity index (χ4n) is 1.81. The van der Waals surface area contributed by atoms with E-state index in [0.717, 1.165) is 0 Å². The number of hydrogen-bond donors (Lipinski definition) is 1. The second-order valence-electron chi connectivity index (χ2n) is 4.99. The molecular weight excluding hydrogens is 378 g/mol. The Labute approximate surface area is 145 Å². The summed E-state index contributed by atoms with van der Waals surface area (Å²) in [5.41, 5.74) is 0.516. The van der Waals surface area contributed by atoms with Crippen LogP contribution in [0.5, 0.6) is 0 Å². The summed E-state index contributed by atoms with van der Waals surface area (Å²) in [4.78, 5) is 0. The van der Waals surface area contributed by atoms with Gasteiger partial charge in [0.25, 0.3) is 0 Å². The number of sulfonamides is 1. The van der Waals surface area contributed by atoms with Crippen molar-refractivity contribution in [3.05, 3.63) is 40.7 Å². The second-order valence-corrected chi connectivity index (χ2v) is 9.22. The van der Waals surface area contributed by atoms with Crippen molar-refractivity contribution in [3.8, 4) is 0 Å². The highest BCUT2D eigenvalue weighted by Crippen LogP contribution is 2.17. The third-order valence-corrected chi connectivity index (χ3v) is 6.09. The predicted octanol–water partition coefficient (Wildman–Crippen LogP) is 1.53. The molecule has 0 aliphatic carbocycles. The van der Waals surface area contributed by atoms with E-state index in [4.69, 9.17) is 16.0 Å². The van der Waals surface area contributed by atoms with E-state index in [2.05, 4.69) is 14.9 Å². The van der Waals surface area contributed by atoms with E-state index in [0.29, 0.717) is 17.0 Å². The standard InChI is InChI=1S/C13H16ClN3O5S2/c1-2-7-24(20,21)15-8-12-16-17-13(22-12)23(18,19)9-10-3-5-11(14)6-4-10/h3-6,15H,2,7-9H2,1H3. The third-order valence-electron chi connectivity index (χ3n) is 2.90. The van der Waals surface area contributed by atoms with Crippen LogP contribution < -0.4 is 4.72 Å². The summed E-state index contributed by atoms with van der Waals surface area (Å²) in [5.74, 6) is -0.486. The van der Waals surface area contributed by atoms with Crippen molar-refractivity contribution in [1.29, 1.82) is 0 Å². The Kier molecular flexibility index (Phi) is 5.97. The Morgan fingerprint density at radius 2 is 1.79 bits per heavy atom. The lowest BCUT2D eigenvalue weighted by Gasteiger charge is -2.02. The van der Waals surface area contributed by atoms with Gasteiger partial charge in [0.05, 0.1) is 18.1 Å². The van der Waals surface area contributed by atoms with Crippen molar-refractivity contribution >= 4 is 31.5 Å². The van der Waals surface area contributed by atoms with E-state index in [1.807, 2.05) is 0 Å². The molecular formula is C13H16ClN3O5S2. The van der Waals surface area contributed by atoms with Gasteiger partial charge in [-0.25, -0.2) is 21.6 Å². The van der Waals surface area contributed by atoms with Crippen molar-refractivity contribution in [3.63, 3.8) is 0 Å². The van der Waals surface area contributed by atoms with E-state index >= 15 is 0 Å². The summed E-state index contributed by atoms with van der Waals surface area (Å²) in [6.07, 6.45) is 0.458. The first-order valence-electron chi connectivity index (χ1n) is 6.99. The number of benzene rings is 1. The van der Waals surface area contributed by atoms with Gasteiger partial charge in [-0.05, 0) is 24.1 Å². The molecule has 1 aromatic heterocycles. The van der Waals surface area contributed by atoms with E-state index in [-0.39, 0.29) is 23.9 Å². The van der Waals surface area contributed by atoms with Gasteiger partial charge in [-0.3, -0.25) is 0 Å². The fourth-order valence-corrected chi connectivity index (χ4v) is 4.10. The van der Waals surface area contributed by atoms with Gasteiger partial charge in [0.1, 0.15) is 0 Å². The van der Waals surface area contributed by atoms with Gasteiger partial charge in [0.2, 0.25) is 25.8 Å². The zero-order valence-electron chi connectivity index (χ0n) is 12.8. The summed E-state index contributed by atoms with van der Waals surface area (Å²) in [5, 5.41) is 6.98. The minimum absolute atomic E-state index is 0.0388. The number of halogens is 1. The molecule has 0 bridgehead atoms. The van der Waals surface area contributed by atoms with Gasteiger partial charge in [-0.1, -0.05) is 35.8 Å². The summed E-state index contributed by atoms with van der Waals surface area (Å²) in [6, 6.07) is 6.31. The van der Waals surface area contributed by atoms with Crippen molar-refractivity contribution < 1.29 is 21.3 Å². The second kappa shape index (κ2) is 7.60. The molecule has 8 nitrogen and oxygen atoms in total. The molecule has 1 heterocycles. The van der Waals surface area contributed by atoms with E-state index in [9.17, 15) is 16.8 Å². The van der Waals surface area contributed by atoms with Crippen LogP contribution in [0.15, 0.2) is 33.9 Å². The molecule has 0 amide bonds. The number of nitrogens with zero attached hydrogens (tertiary/aromatic N) is 2. The number of nitrogens with one attached hydrogen (secondary N) is 1. The normalized spacial score (nSPS) is 12.4. The highest BCUT2D eigenvalue weighted by Gasteiger charge is 2.23. The monoisotopic (exact) mass is 393 g/mol. The van der Waals surface area contributed by atoms with Gasteiger partial charge in [0, 0.05) is 5.02 Å². The molecule has 132 valence electrons. The van der Waals surface area contributed by atoms with Crippen LogP contribution in [0, 0.1) is 0 Å². The van der Waals surface area contributed by atoms with Crippen molar-refractivity contribution in [2.75, 3.05) is 5.75 Å². The molecule has 1 N–H and O–H groups in total. The van der Waals surface area contributed by atoms with Crippen molar-refractivity contribution in [2.45, 2.75) is 30.9 Å². The average Bonchev–Trinajstić information content (AvgIpc) is 2.97. The first kappa shape index (κ1) is 18.8. The van der Waals surface area contributed by atoms with Crippen LogP contribution in [0.2, 0.25) is 5.02 Å². The third kappa shape index (κ3) is 5.26. The molecule has 11 heteroatoms. The van der Waals surface area contributed by atoms with E-state index in [1.165, 1.54) is 0 Å². The quantitative estimate of drug-likeness (QED) is 0.721. The van der Waals surface area contributed by atoms with E-state index in [1.54, 1.807) is 31.2 Å². The molecule has 2 rings (SSSR count). The molecule has 0 fully saturated rings. The molecule has 0 saturated heterocycles.